The van der Waals surface area contributed by atoms with E-state index in [0.29, 0.717) is 21.6 Å². The molecular formula is C24H26Cl2N4O4. The molecule has 2 heterocycles. The van der Waals surface area contributed by atoms with E-state index in [-0.39, 0.29) is 25.3 Å². The molecule has 1 atom stereocenters. The number of rotatable bonds is 10. The number of aromatic amines is 1. The number of hydrogen-bond donors (Lipinski definition) is 3. The van der Waals surface area contributed by atoms with Crippen LogP contribution in [0.5, 0.6) is 0 Å². The maximum Gasteiger partial charge on any atom is 0.304 e. The number of amides is 1. The van der Waals surface area contributed by atoms with Crippen LogP contribution in [0.1, 0.15) is 42.9 Å². The molecule has 0 unspecified atom stereocenters. The highest BCUT2D eigenvalue weighted by Crippen LogP contribution is 2.30. The number of carbonyl (C=O) groups is 2. The summed E-state index contributed by atoms with van der Waals surface area (Å²) in [5, 5.41) is 7.16. The second-order valence-electron chi connectivity index (χ2n) is 7.86. The van der Waals surface area contributed by atoms with Gasteiger partial charge in [0.15, 0.2) is 6.79 Å². The van der Waals surface area contributed by atoms with E-state index in [2.05, 4.69) is 20.6 Å². The summed E-state index contributed by atoms with van der Waals surface area (Å²) in [6.07, 6.45) is 3.28. The van der Waals surface area contributed by atoms with Gasteiger partial charge in [-0.15, -0.1) is 0 Å². The molecule has 180 valence electrons. The van der Waals surface area contributed by atoms with Crippen molar-refractivity contribution >= 4 is 40.9 Å². The van der Waals surface area contributed by atoms with Crippen LogP contribution in [0.25, 0.3) is 11.1 Å². The van der Waals surface area contributed by atoms with E-state index >= 15 is 0 Å². The van der Waals surface area contributed by atoms with Gasteiger partial charge in [0, 0.05) is 41.5 Å². The maximum atomic E-state index is 13.0. The van der Waals surface area contributed by atoms with E-state index in [9.17, 15) is 9.59 Å². The fourth-order valence-corrected chi connectivity index (χ4v) is 3.60. The van der Waals surface area contributed by atoms with Gasteiger partial charge >= 0.3 is 5.97 Å². The summed E-state index contributed by atoms with van der Waals surface area (Å²) in [6, 6.07) is 10.3. The average Bonchev–Trinajstić information content (AvgIpc) is 3.27. The maximum absolute atomic E-state index is 13.0. The minimum atomic E-state index is -0.528. The molecule has 0 saturated heterocycles. The van der Waals surface area contributed by atoms with Crippen molar-refractivity contribution in [2.24, 2.45) is 0 Å². The Labute approximate surface area is 208 Å². The first-order chi connectivity index (χ1) is 16.2. The topological polar surface area (TPSA) is 105 Å². The molecule has 3 N–H and O–H groups in total. The Balaban J connectivity index is 1.77. The number of carbonyl (C=O) groups excluding carboxylic acids is 2. The van der Waals surface area contributed by atoms with Crippen molar-refractivity contribution in [3.63, 3.8) is 0 Å². The lowest BCUT2D eigenvalue weighted by Crippen LogP contribution is -2.32. The predicted molar refractivity (Wildman–Crippen MR) is 132 cm³/mol. The molecule has 0 spiro atoms. The number of hydrogen-bond acceptors (Lipinski definition) is 6. The molecule has 0 aliphatic rings. The lowest BCUT2D eigenvalue weighted by atomic mass is 10.1. The quantitative estimate of drug-likeness (QED) is 0.199. The molecule has 1 amide bonds. The van der Waals surface area contributed by atoms with Gasteiger partial charge in [-0.2, -0.15) is 0 Å². The van der Waals surface area contributed by atoms with Crippen LogP contribution in [0.15, 0.2) is 48.8 Å². The van der Waals surface area contributed by atoms with Crippen molar-refractivity contribution in [2.45, 2.75) is 32.9 Å². The van der Waals surface area contributed by atoms with Crippen LogP contribution >= 0.6 is 23.2 Å². The number of ether oxygens (including phenoxy) is 2. The minimum absolute atomic E-state index is 0.0767. The van der Waals surface area contributed by atoms with Crippen LogP contribution in [0.3, 0.4) is 0 Å². The van der Waals surface area contributed by atoms with Crippen LogP contribution in [0, 0.1) is 0 Å². The normalized spacial score (nSPS) is 11.8. The molecule has 0 aliphatic heterocycles. The number of anilines is 1. The van der Waals surface area contributed by atoms with Crippen molar-refractivity contribution in [1.82, 2.24) is 15.3 Å². The van der Waals surface area contributed by atoms with E-state index in [1.165, 1.54) is 6.92 Å². The van der Waals surface area contributed by atoms with Crippen LogP contribution < -0.4 is 10.6 Å². The summed E-state index contributed by atoms with van der Waals surface area (Å²) in [7, 11) is 0. The zero-order valence-electron chi connectivity index (χ0n) is 19.0. The lowest BCUT2D eigenvalue weighted by molar-refractivity contribution is -0.154. The Morgan fingerprint density at radius 3 is 2.68 bits per heavy atom. The smallest absolute Gasteiger partial charge is 0.304 e. The monoisotopic (exact) mass is 504 g/mol. The Morgan fingerprint density at radius 2 is 1.97 bits per heavy atom. The van der Waals surface area contributed by atoms with Crippen LogP contribution in [-0.2, 0) is 14.3 Å². The van der Waals surface area contributed by atoms with Gasteiger partial charge in [-0.25, -0.2) is 4.98 Å². The van der Waals surface area contributed by atoms with Crippen molar-refractivity contribution in [3.05, 3.63) is 70.1 Å². The highest BCUT2D eigenvalue weighted by molar-refractivity contribution is 6.33. The fourth-order valence-electron chi connectivity index (χ4n) is 3.19. The zero-order valence-corrected chi connectivity index (χ0v) is 20.5. The Morgan fingerprint density at radius 1 is 1.18 bits per heavy atom. The molecule has 0 aliphatic carbocycles. The number of nitrogens with one attached hydrogen (secondary N) is 3. The van der Waals surface area contributed by atoms with Crippen LogP contribution in [0.4, 0.5) is 5.82 Å². The first-order valence-corrected chi connectivity index (χ1v) is 11.4. The highest BCUT2D eigenvalue weighted by atomic mass is 35.5. The van der Waals surface area contributed by atoms with E-state index < -0.39 is 12.0 Å². The van der Waals surface area contributed by atoms with Gasteiger partial charge < -0.3 is 25.1 Å². The number of aromatic nitrogens is 2. The van der Waals surface area contributed by atoms with Crippen molar-refractivity contribution in [1.29, 1.82) is 0 Å². The minimum Gasteiger partial charge on any atom is -0.439 e. The van der Waals surface area contributed by atoms with Gasteiger partial charge in [0.1, 0.15) is 11.5 Å². The first-order valence-electron chi connectivity index (χ1n) is 10.6. The van der Waals surface area contributed by atoms with Crippen molar-refractivity contribution in [2.75, 3.05) is 18.7 Å². The number of pyridine rings is 1. The van der Waals surface area contributed by atoms with Gasteiger partial charge in [0.25, 0.3) is 5.91 Å². The third kappa shape index (κ3) is 7.21. The number of nitrogens with zero attached hydrogens (tertiary/aromatic N) is 1. The lowest BCUT2D eigenvalue weighted by Gasteiger charge is -2.19. The average molecular weight is 505 g/mol. The van der Waals surface area contributed by atoms with E-state index in [4.69, 9.17) is 32.7 Å². The van der Waals surface area contributed by atoms with E-state index in [1.807, 2.05) is 26.0 Å². The summed E-state index contributed by atoms with van der Waals surface area (Å²) >= 11 is 12.5. The molecule has 0 saturated carbocycles. The number of benzene rings is 1. The fraction of sp³-hybridized carbons (Fsp3) is 0.292. The number of halogens is 2. The standard InChI is InChI=1S/C24H26Cl2N4O4/c1-14(2)29-23-9-19(20(26)11-28-23)17-8-21(27-10-17)24(32)30-22(12-33-13-34-15(3)31)16-5-4-6-18(25)7-16/h4-11,14,22,27H,12-13H2,1-3H3,(H,28,29)(H,30,32)/t22-/m1/s1. The Kier molecular flexibility index (Phi) is 8.92. The molecule has 2 aromatic heterocycles. The highest BCUT2D eigenvalue weighted by Gasteiger charge is 2.19. The molecule has 0 bridgehead atoms. The van der Waals surface area contributed by atoms with Crippen LogP contribution in [-0.4, -0.2) is 41.3 Å². The molecule has 0 radical (unpaired) electrons. The predicted octanol–water partition coefficient (Wildman–Crippen LogP) is 5.21. The van der Waals surface area contributed by atoms with Gasteiger partial charge in [-0.05, 0) is 43.7 Å². The van der Waals surface area contributed by atoms with Gasteiger partial charge in [0.2, 0.25) is 0 Å². The molecule has 8 nitrogen and oxygen atoms in total. The Hall–Kier alpha value is -3.07. The van der Waals surface area contributed by atoms with Gasteiger partial charge in [0.05, 0.1) is 17.7 Å². The van der Waals surface area contributed by atoms with Crippen molar-refractivity contribution < 1.29 is 19.1 Å². The molecule has 3 aromatic rings. The second kappa shape index (κ2) is 11.9. The van der Waals surface area contributed by atoms with Gasteiger partial charge in [-0.1, -0.05) is 35.3 Å². The first kappa shape index (κ1) is 25.6. The molecule has 0 fully saturated rings. The largest absolute Gasteiger partial charge is 0.439 e. The summed E-state index contributed by atoms with van der Waals surface area (Å²) in [6.45, 7) is 5.18. The second-order valence-corrected chi connectivity index (χ2v) is 8.70. The summed E-state index contributed by atoms with van der Waals surface area (Å²) in [5.74, 6) is -0.116. The molecule has 10 heteroatoms. The number of esters is 1. The van der Waals surface area contributed by atoms with Crippen molar-refractivity contribution in [3.8, 4) is 11.1 Å². The zero-order chi connectivity index (χ0) is 24.7. The third-order valence-electron chi connectivity index (χ3n) is 4.72. The van der Waals surface area contributed by atoms with Crippen LogP contribution in [0.2, 0.25) is 10.0 Å². The van der Waals surface area contributed by atoms with Gasteiger partial charge in [-0.3, -0.25) is 9.59 Å². The van der Waals surface area contributed by atoms with E-state index in [1.54, 1.807) is 36.7 Å². The molecule has 34 heavy (non-hydrogen) atoms. The SMILES string of the molecule is CC(=O)OCOC[C@@H](NC(=O)c1cc(-c2cc(NC(C)C)ncc2Cl)c[nH]1)c1cccc(Cl)c1. The summed E-state index contributed by atoms with van der Waals surface area (Å²) < 4.78 is 10.2. The number of H-pyrrole nitrogens is 1. The summed E-state index contributed by atoms with van der Waals surface area (Å²) in [5.41, 5.74) is 2.58. The molecule has 3 rings (SSSR count). The third-order valence-corrected chi connectivity index (χ3v) is 5.25. The summed E-state index contributed by atoms with van der Waals surface area (Å²) in [4.78, 5) is 31.3. The molecular weight excluding hydrogens is 479 g/mol. The Bertz CT molecular complexity index is 1150. The van der Waals surface area contributed by atoms with E-state index in [0.717, 1.165) is 16.7 Å². The molecule has 1 aromatic carbocycles.